The van der Waals surface area contributed by atoms with E-state index in [2.05, 4.69) is 5.32 Å². The summed E-state index contributed by atoms with van der Waals surface area (Å²) in [5.41, 5.74) is 0. The highest BCUT2D eigenvalue weighted by Crippen LogP contribution is 2.11. The molecule has 1 aromatic rings. The molecular weight excluding hydrogens is 114 g/mol. The molecule has 1 heterocycles. The molecule has 1 radical (unpaired) electrons. The van der Waals surface area contributed by atoms with Gasteiger partial charge in [-0.1, -0.05) is 0 Å². The molecule has 0 saturated carbocycles. The standard InChI is InChI=1S/C7H10NO/c1-6(8-2)7-4-3-5-9-7/h3-6H,1-2H3. The summed E-state index contributed by atoms with van der Waals surface area (Å²) in [7, 11) is 1.78. The quantitative estimate of drug-likeness (QED) is 0.588. The van der Waals surface area contributed by atoms with Crippen LogP contribution in [0.4, 0.5) is 0 Å². The molecule has 1 rings (SSSR count). The second-order valence-corrected chi connectivity index (χ2v) is 1.95. The third-order valence-electron chi connectivity index (χ3n) is 1.34. The summed E-state index contributed by atoms with van der Waals surface area (Å²) in [5.74, 6) is 0.928. The maximum Gasteiger partial charge on any atom is 0.122 e. The van der Waals surface area contributed by atoms with Gasteiger partial charge in [-0.05, 0) is 19.1 Å². The molecular formula is C7H10NO. The van der Waals surface area contributed by atoms with Gasteiger partial charge in [0.2, 0.25) is 0 Å². The zero-order valence-electron chi connectivity index (χ0n) is 5.66. The molecule has 49 valence electrons. The average molecular weight is 124 g/mol. The van der Waals surface area contributed by atoms with Crippen molar-refractivity contribution in [2.75, 3.05) is 7.05 Å². The van der Waals surface area contributed by atoms with Gasteiger partial charge in [0.15, 0.2) is 0 Å². The fourth-order valence-corrected chi connectivity index (χ4v) is 0.656. The number of hydrogen-bond acceptors (Lipinski definition) is 1. The number of hydrogen-bond donors (Lipinski definition) is 0. The Morgan fingerprint density at radius 3 is 2.89 bits per heavy atom. The van der Waals surface area contributed by atoms with Crippen molar-refractivity contribution in [3.8, 4) is 0 Å². The first kappa shape index (κ1) is 6.36. The van der Waals surface area contributed by atoms with E-state index in [1.807, 2.05) is 19.1 Å². The summed E-state index contributed by atoms with van der Waals surface area (Å²) in [6.07, 6.45) is 1.66. The van der Waals surface area contributed by atoms with Crippen LogP contribution in [0, 0.1) is 0 Å². The Balaban J connectivity index is 2.65. The Labute approximate surface area is 54.9 Å². The van der Waals surface area contributed by atoms with Crippen LogP contribution in [0.5, 0.6) is 0 Å². The van der Waals surface area contributed by atoms with Gasteiger partial charge < -0.3 is 4.42 Å². The van der Waals surface area contributed by atoms with Gasteiger partial charge in [0.25, 0.3) is 0 Å². The van der Waals surface area contributed by atoms with E-state index in [0.717, 1.165) is 5.76 Å². The van der Waals surface area contributed by atoms with Crippen molar-refractivity contribution in [1.29, 1.82) is 0 Å². The van der Waals surface area contributed by atoms with Crippen LogP contribution in [-0.2, 0) is 0 Å². The SMILES string of the molecule is C[N]C(C)c1ccco1. The third-order valence-corrected chi connectivity index (χ3v) is 1.34. The van der Waals surface area contributed by atoms with Gasteiger partial charge in [0.05, 0.1) is 12.3 Å². The first-order valence-corrected chi connectivity index (χ1v) is 2.97. The molecule has 0 aliphatic carbocycles. The van der Waals surface area contributed by atoms with Gasteiger partial charge in [0, 0.05) is 7.05 Å². The molecule has 2 heteroatoms. The van der Waals surface area contributed by atoms with Gasteiger partial charge >= 0.3 is 0 Å². The molecule has 9 heavy (non-hydrogen) atoms. The van der Waals surface area contributed by atoms with E-state index in [1.165, 1.54) is 0 Å². The molecule has 0 aliphatic rings. The predicted octanol–water partition coefficient (Wildman–Crippen LogP) is 1.57. The minimum atomic E-state index is 0.194. The minimum Gasteiger partial charge on any atom is -0.468 e. The normalized spacial score (nSPS) is 13.6. The van der Waals surface area contributed by atoms with Crippen LogP contribution in [-0.4, -0.2) is 7.05 Å². The Bertz CT molecular complexity index is 157. The van der Waals surface area contributed by atoms with Crippen LogP contribution in [0.25, 0.3) is 0 Å². The van der Waals surface area contributed by atoms with E-state index in [0.29, 0.717) is 0 Å². The molecule has 1 unspecified atom stereocenters. The van der Waals surface area contributed by atoms with Crippen LogP contribution in [0.1, 0.15) is 18.7 Å². The maximum atomic E-state index is 5.09. The molecule has 1 atom stereocenters. The fourth-order valence-electron chi connectivity index (χ4n) is 0.656. The Kier molecular flexibility index (Phi) is 1.90. The van der Waals surface area contributed by atoms with Gasteiger partial charge in [-0.2, -0.15) is 0 Å². The monoisotopic (exact) mass is 124 g/mol. The van der Waals surface area contributed by atoms with Gasteiger partial charge in [-0.15, -0.1) is 0 Å². The first-order chi connectivity index (χ1) is 4.34. The van der Waals surface area contributed by atoms with Gasteiger partial charge in [0.1, 0.15) is 5.76 Å². The lowest BCUT2D eigenvalue weighted by molar-refractivity contribution is 0.445. The van der Waals surface area contributed by atoms with Crippen molar-refractivity contribution in [1.82, 2.24) is 5.32 Å². The molecule has 0 saturated heterocycles. The van der Waals surface area contributed by atoms with Crippen LogP contribution >= 0.6 is 0 Å². The van der Waals surface area contributed by atoms with Crippen molar-refractivity contribution in [2.45, 2.75) is 13.0 Å². The average Bonchev–Trinajstić information content (AvgIpc) is 2.37. The second-order valence-electron chi connectivity index (χ2n) is 1.95. The summed E-state index contributed by atoms with van der Waals surface area (Å²) in [5, 5.41) is 4.04. The topological polar surface area (TPSA) is 27.2 Å². The maximum absolute atomic E-state index is 5.09. The number of furan rings is 1. The summed E-state index contributed by atoms with van der Waals surface area (Å²) in [4.78, 5) is 0. The summed E-state index contributed by atoms with van der Waals surface area (Å²) in [6.45, 7) is 2.00. The Hall–Kier alpha value is -0.760. The lowest BCUT2D eigenvalue weighted by atomic mass is 10.3. The molecule has 2 nitrogen and oxygen atoms in total. The minimum absolute atomic E-state index is 0.194. The molecule has 0 aliphatic heterocycles. The lowest BCUT2D eigenvalue weighted by Gasteiger charge is -2.01. The summed E-state index contributed by atoms with van der Waals surface area (Å²) >= 11 is 0. The molecule has 0 amide bonds. The predicted molar refractivity (Wildman–Crippen MR) is 35.2 cm³/mol. The zero-order valence-corrected chi connectivity index (χ0v) is 5.66. The second kappa shape index (κ2) is 2.69. The molecule has 0 aromatic carbocycles. The van der Waals surface area contributed by atoms with Crippen LogP contribution in [0.3, 0.4) is 0 Å². The van der Waals surface area contributed by atoms with Crippen LogP contribution in [0.15, 0.2) is 22.8 Å². The third kappa shape index (κ3) is 1.33. The van der Waals surface area contributed by atoms with E-state index in [-0.39, 0.29) is 6.04 Å². The molecule has 0 fully saturated rings. The van der Waals surface area contributed by atoms with E-state index in [1.54, 1.807) is 13.3 Å². The number of nitrogens with zero attached hydrogens (tertiary/aromatic N) is 1. The lowest BCUT2D eigenvalue weighted by Crippen LogP contribution is -2.02. The molecule has 0 spiro atoms. The Morgan fingerprint density at radius 2 is 2.44 bits per heavy atom. The summed E-state index contributed by atoms with van der Waals surface area (Å²) in [6, 6.07) is 3.99. The van der Waals surface area contributed by atoms with E-state index < -0.39 is 0 Å². The highest BCUT2D eigenvalue weighted by atomic mass is 16.3. The van der Waals surface area contributed by atoms with Crippen molar-refractivity contribution in [3.05, 3.63) is 24.2 Å². The fraction of sp³-hybridized carbons (Fsp3) is 0.429. The molecule has 1 aromatic heterocycles. The Morgan fingerprint density at radius 1 is 1.67 bits per heavy atom. The van der Waals surface area contributed by atoms with Crippen molar-refractivity contribution >= 4 is 0 Å². The summed E-state index contributed by atoms with van der Waals surface area (Å²) < 4.78 is 5.09. The highest BCUT2D eigenvalue weighted by Gasteiger charge is 2.03. The van der Waals surface area contributed by atoms with Crippen molar-refractivity contribution in [3.63, 3.8) is 0 Å². The van der Waals surface area contributed by atoms with E-state index in [9.17, 15) is 0 Å². The smallest absolute Gasteiger partial charge is 0.122 e. The van der Waals surface area contributed by atoms with Gasteiger partial charge in [-0.25, -0.2) is 5.32 Å². The van der Waals surface area contributed by atoms with Gasteiger partial charge in [-0.3, -0.25) is 0 Å². The van der Waals surface area contributed by atoms with Crippen LogP contribution in [0.2, 0.25) is 0 Å². The van der Waals surface area contributed by atoms with E-state index in [4.69, 9.17) is 4.42 Å². The van der Waals surface area contributed by atoms with Crippen LogP contribution < -0.4 is 5.32 Å². The zero-order chi connectivity index (χ0) is 6.69. The van der Waals surface area contributed by atoms with E-state index >= 15 is 0 Å². The van der Waals surface area contributed by atoms with Crippen molar-refractivity contribution < 1.29 is 4.42 Å². The highest BCUT2D eigenvalue weighted by molar-refractivity contribution is 5.02. The molecule has 0 N–H and O–H groups in total. The van der Waals surface area contributed by atoms with Crippen molar-refractivity contribution in [2.24, 2.45) is 0 Å². The molecule has 0 bridgehead atoms. The first-order valence-electron chi connectivity index (χ1n) is 2.97. The largest absolute Gasteiger partial charge is 0.468 e. The number of rotatable bonds is 2.